The van der Waals surface area contributed by atoms with Gasteiger partial charge >= 0.3 is 11.9 Å². The second-order valence-corrected chi connectivity index (χ2v) is 12.4. The van der Waals surface area contributed by atoms with Crippen LogP contribution in [0.15, 0.2) is 48.5 Å². The number of nitrogens with zero attached hydrogens (tertiary/aromatic N) is 2. The molecule has 246 valence electrons. The van der Waals surface area contributed by atoms with Gasteiger partial charge in [-0.05, 0) is 62.3 Å². The fourth-order valence-corrected chi connectivity index (χ4v) is 5.28. The van der Waals surface area contributed by atoms with Gasteiger partial charge in [0, 0.05) is 0 Å². The fraction of sp³-hybridized carbons (Fsp3) is 0.632. The SMILES string of the molecule is CCCCCCCCCN(C)CC(=O)OCc1ccc(-c2ccc(COC(=O)CN(C)CCCCCCCCC)cc2)cc1. The molecule has 0 aliphatic carbocycles. The third kappa shape index (κ3) is 17.6. The van der Waals surface area contributed by atoms with Gasteiger partial charge in [0.2, 0.25) is 0 Å². The number of likely N-dealkylation sites (N-methyl/N-ethyl adjacent to an activating group) is 2. The molecule has 0 heterocycles. The highest BCUT2D eigenvalue weighted by Crippen LogP contribution is 2.21. The summed E-state index contributed by atoms with van der Waals surface area (Å²) < 4.78 is 11.0. The minimum atomic E-state index is -0.185. The van der Waals surface area contributed by atoms with Crippen molar-refractivity contribution in [2.24, 2.45) is 0 Å². The van der Waals surface area contributed by atoms with E-state index in [1.165, 1.54) is 77.0 Å². The Labute approximate surface area is 268 Å². The van der Waals surface area contributed by atoms with E-state index in [2.05, 4.69) is 23.6 Å². The molecule has 6 heteroatoms. The smallest absolute Gasteiger partial charge is 0.320 e. The topological polar surface area (TPSA) is 59.1 Å². The number of benzene rings is 2. The van der Waals surface area contributed by atoms with Crippen LogP contribution in [-0.2, 0) is 32.3 Å². The Kier molecular flexibility index (Phi) is 20.2. The van der Waals surface area contributed by atoms with Crippen molar-refractivity contribution in [1.29, 1.82) is 0 Å². The van der Waals surface area contributed by atoms with Gasteiger partial charge in [-0.15, -0.1) is 0 Å². The Bertz CT molecular complexity index is 939. The molecule has 0 spiro atoms. The van der Waals surface area contributed by atoms with Gasteiger partial charge in [-0.2, -0.15) is 0 Å². The maximum absolute atomic E-state index is 12.3. The number of rotatable bonds is 25. The van der Waals surface area contributed by atoms with E-state index in [9.17, 15) is 9.59 Å². The van der Waals surface area contributed by atoms with E-state index in [4.69, 9.17) is 9.47 Å². The van der Waals surface area contributed by atoms with Crippen LogP contribution in [0, 0.1) is 0 Å². The van der Waals surface area contributed by atoms with E-state index in [-0.39, 0.29) is 25.2 Å². The molecule has 0 N–H and O–H groups in total. The molecule has 2 rings (SSSR count). The van der Waals surface area contributed by atoms with E-state index >= 15 is 0 Å². The largest absolute Gasteiger partial charge is 0.460 e. The van der Waals surface area contributed by atoms with Gasteiger partial charge in [-0.1, -0.05) is 139 Å². The maximum Gasteiger partial charge on any atom is 0.320 e. The number of esters is 2. The monoisotopic (exact) mass is 608 g/mol. The van der Waals surface area contributed by atoms with Crippen molar-refractivity contribution in [2.75, 3.05) is 40.3 Å². The zero-order chi connectivity index (χ0) is 31.8. The van der Waals surface area contributed by atoms with Crippen molar-refractivity contribution >= 4 is 11.9 Å². The lowest BCUT2D eigenvalue weighted by molar-refractivity contribution is -0.146. The van der Waals surface area contributed by atoms with Gasteiger partial charge in [0.1, 0.15) is 13.2 Å². The van der Waals surface area contributed by atoms with Crippen LogP contribution in [0.25, 0.3) is 11.1 Å². The highest BCUT2D eigenvalue weighted by atomic mass is 16.5. The number of hydrogen-bond donors (Lipinski definition) is 0. The molecular weight excluding hydrogens is 548 g/mol. The van der Waals surface area contributed by atoms with Crippen molar-refractivity contribution in [3.05, 3.63) is 59.7 Å². The Hall–Kier alpha value is -2.70. The minimum Gasteiger partial charge on any atom is -0.460 e. The highest BCUT2D eigenvalue weighted by molar-refractivity contribution is 5.72. The van der Waals surface area contributed by atoms with Crippen molar-refractivity contribution in [1.82, 2.24) is 9.80 Å². The van der Waals surface area contributed by atoms with Crippen LogP contribution in [0.3, 0.4) is 0 Å². The molecule has 0 amide bonds. The number of ether oxygens (including phenoxy) is 2. The average Bonchev–Trinajstić information content (AvgIpc) is 3.02. The summed E-state index contributed by atoms with van der Waals surface area (Å²) in [6.07, 6.45) is 17.8. The van der Waals surface area contributed by atoms with Crippen LogP contribution >= 0.6 is 0 Å². The first kappa shape index (κ1) is 37.5. The Morgan fingerprint density at radius 1 is 0.500 bits per heavy atom. The lowest BCUT2D eigenvalue weighted by Gasteiger charge is -2.16. The average molecular weight is 609 g/mol. The fourth-order valence-electron chi connectivity index (χ4n) is 5.28. The van der Waals surface area contributed by atoms with E-state index in [0.717, 1.165) is 48.2 Å². The predicted octanol–water partition coefficient (Wildman–Crippen LogP) is 8.80. The molecule has 0 saturated carbocycles. The number of carbonyl (C=O) groups is 2. The van der Waals surface area contributed by atoms with Crippen LogP contribution < -0.4 is 0 Å². The summed E-state index contributed by atoms with van der Waals surface area (Å²) in [5.74, 6) is -0.369. The zero-order valence-electron chi connectivity index (χ0n) is 28.3. The van der Waals surface area contributed by atoms with E-state index in [0.29, 0.717) is 13.1 Å². The standard InChI is InChI=1S/C38H60N2O4/c1-5-7-9-11-13-15-17-27-39(3)29-37(41)43-31-33-19-23-35(24-20-33)36-25-21-34(22-26-36)32-44-38(42)30-40(4)28-18-16-14-12-10-8-6-2/h19-26H,5-18,27-32H2,1-4H3. The molecular formula is C38H60N2O4. The predicted molar refractivity (Wildman–Crippen MR) is 182 cm³/mol. The summed E-state index contributed by atoms with van der Waals surface area (Å²) in [6, 6.07) is 16.2. The third-order valence-corrected chi connectivity index (χ3v) is 8.13. The summed E-state index contributed by atoms with van der Waals surface area (Å²) in [6.45, 7) is 7.55. The van der Waals surface area contributed by atoms with Crippen molar-refractivity contribution < 1.29 is 19.1 Å². The molecule has 6 nitrogen and oxygen atoms in total. The van der Waals surface area contributed by atoms with E-state index in [1.54, 1.807) is 0 Å². The molecule has 0 unspecified atom stereocenters. The molecule has 2 aromatic rings. The maximum atomic E-state index is 12.3. The molecule has 2 aromatic carbocycles. The molecule has 0 aliphatic heterocycles. The van der Waals surface area contributed by atoms with Crippen LogP contribution in [-0.4, -0.2) is 62.0 Å². The summed E-state index contributed by atoms with van der Waals surface area (Å²) >= 11 is 0. The quantitative estimate of drug-likeness (QED) is 0.0829. The lowest BCUT2D eigenvalue weighted by atomic mass is 10.0. The van der Waals surface area contributed by atoms with Crippen LogP contribution in [0.5, 0.6) is 0 Å². The molecule has 0 bridgehead atoms. The van der Waals surface area contributed by atoms with Crippen molar-refractivity contribution in [3.8, 4) is 11.1 Å². The van der Waals surface area contributed by atoms with Gasteiger partial charge in [0.15, 0.2) is 0 Å². The highest BCUT2D eigenvalue weighted by Gasteiger charge is 2.10. The van der Waals surface area contributed by atoms with E-state index < -0.39 is 0 Å². The summed E-state index contributed by atoms with van der Waals surface area (Å²) in [5, 5.41) is 0. The second kappa shape index (κ2) is 23.7. The molecule has 0 aromatic heterocycles. The molecule has 0 radical (unpaired) electrons. The van der Waals surface area contributed by atoms with Gasteiger partial charge in [0.25, 0.3) is 0 Å². The van der Waals surface area contributed by atoms with Crippen LogP contribution in [0.1, 0.15) is 115 Å². The molecule has 44 heavy (non-hydrogen) atoms. The Morgan fingerprint density at radius 3 is 1.16 bits per heavy atom. The van der Waals surface area contributed by atoms with Crippen LogP contribution in [0.2, 0.25) is 0 Å². The molecule has 0 fully saturated rings. The zero-order valence-corrected chi connectivity index (χ0v) is 28.3. The van der Waals surface area contributed by atoms with Crippen LogP contribution in [0.4, 0.5) is 0 Å². The summed E-state index contributed by atoms with van der Waals surface area (Å²) in [7, 11) is 3.97. The Balaban J connectivity index is 1.62. The van der Waals surface area contributed by atoms with Gasteiger partial charge in [-0.3, -0.25) is 19.4 Å². The summed E-state index contributed by atoms with van der Waals surface area (Å²) in [5.41, 5.74) is 4.12. The first-order valence-electron chi connectivity index (χ1n) is 17.3. The lowest BCUT2D eigenvalue weighted by Crippen LogP contribution is -2.28. The van der Waals surface area contributed by atoms with Crippen molar-refractivity contribution in [3.63, 3.8) is 0 Å². The second-order valence-electron chi connectivity index (χ2n) is 12.4. The van der Waals surface area contributed by atoms with Crippen molar-refractivity contribution in [2.45, 2.75) is 117 Å². The first-order valence-corrected chi connectivity index (χ1v) is 17.3. The molecule has 0 aliphatic rings. The Morgan fingerprint density at radius 2 is 0.818 bits per heavy atom. The van der Waals surface area contributed by atoms with Gasteiger partial charge < -0.3 is 9.47 Å². The summed E-state index contributed by atoms with van der Waals surface area (Å²) in [4.78, 5) is 28.7. The van der Waals surface area contributed by atoms with Gasteiger partial charge in [-0.25, -0.2) is 0 Å². The number of carbonyl (C=O) groups excluding carboxylic acids is 2. The first-order chi connectivity index (χ1) is 21.4. The molecule has 0 saturated heterocycles. The van der Waals surface area contributed by atoms with E-state index in [1.807, 2.05) is 62.6 Å². The van der Waals surface area contributed by atoms with Gasteiger partial charge in [0.05, 0.1) is 13.1 Å². The third-order valence-electron chi connectivity index (χ3n) is 8.13. The number of unbranched alkanes of at least 4 members (excludes halogenated alkanes) is 12. The number of hydrogen-bond acceptors (Lipinski definition) is 6. The normalized spacial score (nSPS) is 11.3. The minimum absolute atomic E-state index is 0.185. The molecule has 0 atom stereocenters.